The van der Waals surface area contributed by atoms with Crippen molar-refractivity contribution in [2.75, 3.05) is 37.7 Å². The molecule has 1 aromatic heterocycles. The molecule has 0 aliphatic carbocycles. The number of hydrogen-bond donors (Lipinski definition) is 0. The Kier molecular flexibility index (Phi) is 7.90. The predicted molar refractivity (Wildman–Crippen MR) is 132 cm³/mol. The van der Waals surface area contributed by atoms with Gasteiger partial charge in [0.15, 0.2) is 5.82 Å². The maximum atomic E-state index is 12.9. The van der Waals surface area contributed by atoms with E-state index in [4.69, 9.17) is 4.74 Å². The maximum Gasteiger partial charge on any atom is 0.253 e. The van der Waals surface area contributed by atoms with Crippen molar-refractivity contribution < 1.29 is 9.53 Å². The Hall–Kier alpha value is -3.41. The monoisotopic (exact) mass is 444 g/mol. The van der Waals surface area contributed by atoms with Crippen LogP contribution in [0.4, 0.5) is 5.82 Å². The van der Waals surface area contributed by atoms with Crippen LogP contribution < -0.4 is 9.64 Å². The van der Waals surface area contributed by atoms with Gasteiger partial charge < -0.3 is 14.5 Å². The molecule has 0 unspecified atom stereocenters. The minimum atomic E-state index is 0.0645. The van der Waals surface area contributed by atoms with Crippen molar-refractivity contribution in [3.05, 3.63) is 72.3 Å². The number of rotatable bonds is 9. The van der Waals surface area contributed by atoms with E-state index in [-0.39, 0.29) is 5.91 Å². The Bertz CT molecular complexity index is 999. The summed E-state index contributed by atoms with van der Waals surface area (Å²) in [6, 6.07) is 21.6. The first-order chi connectivity index (χ1) is 16.2. The summed E-state index contributed by atoms with van der Waals surface area (Å²) in [7, 11) is 0. The van der Waals surface area contributed by atoms with Crippen molar-refractivity contribution >= 4 is 11.7 Å². The number of carbonyl (C=O) groups excluding carboxylic acids is 1. The lowest BCUT2D eigenvalue weighted by atomic mass is 10.1. The van der Waals surface area contributed by atoms with Gasteiger partial charge in [0, 0.05) is 37.3 Å². The molecule has 0 spiro atoms. The van der Waals surface area contributed by atoms with Gasteiger partial charge in [-0.1, -0.05) is 56.5 Å². The van der Waals surface area contributed by atoms with Crippen molar-refractivity contribution in [1.29, 1.82) is 0 Å². The van der Waals surface area contributed by atoms with Gasteiger partial charge in [-0.2, -0.15) is 0 Å². The zero-order valence-electron chi connectivity index (χ0n) is 19.3. The van der Waals surface area contributed by atoms with E-state index in [9.17, 15) is 4.79 Å². The topological polar surface area (TPSA) is 58.6 Å². The number of amides is 1. The molecule has 1 amide bonds. The van der Waals surface area contributed by atoms with Crippen molar-refractivity contribution in [1.82, 2.24) is 15.1 Å². The number of aromatic nitrogens is 2. The minimum Gasteiger partial charge on any atom is -0.494 e. The fourth-order valence-corrected chi connectivity index (χ4v) is 3.99. The second-order valence-corrected chi connectivity index (χ2v) is 8.36. The molecule has 1 aliphatic rings. The Labute approximate surface area is 196 Å². The molecule has 0 atom stereocenters. The van der Waals surface area contributed by atoms with Crippen molar-refractivity contribution in [3.63, 3.8) is 0 Å². The first-order valence-corrected chi connectivity index (χ1v) is 11.9. The average molecular weight is 445 g/mol. The van der Waals surface area contributed by atoms with Crippen molar-refractivity contribution in [2.45, 2.75) is 32.6 Å². The fourth-order valence-electron chi connectivity index (χ4n) is 3.99. The number of anilines is 1. The number of benzene rings is 2. The van der Waals surface area contributed by atoms with E-state index >= 15 is 0 Å². The molecule has 33 heavy (non-hydrogen) atoms. The van der Waals surface area contributed by atoms with E-state index in [1.807, 2.05) is 71.6 Å². The molecule has 0 N–H and O–H groups in total. The van der Waals surface area contributed by atoms with Gasteiger partial charge in [-0.25, -0.2) is 0 Å². The highest BCUT2D eigenvalue weighted by Gasteiger charge is 2.23. The third kappa shape index (κ3) is 6.09. The Morgan fingerprint density at radius 2 is 1.61 bits per heavy atom. The smallest absolute Gasteiger partial charge is 0.253 e. The second-order valence-electron chi connectivity index (χ2n) is 8.36. The van der Waals surface area contributed by atoms with Crippen LogP contribution in [0.3, 0.4) is 0 Å². The van der Waals surface area contributed by atoms with Crippen LogP contribution in [-0.4, -0.2) is 53.8 Å². The largest absolute Gasteiger partial charge is 0.494 e. The quantitative estimate of drug-likeness (QED) is 0.432. The Morgan fingerprint density at radius 3 is 2.27 bits per heavy atom. The Balaban J connectivity index is 1.26. The zero-order valence-corrected chi connectivity index (χ0v) is 19.3. The number of ether oxygens (including phenoxy) is 1. The fraction of sp³-hybridized carbons (Fsp3) is 0.370. The lowest BCUT2D eigenvalue weighted by Crippen LogP contribution is -2.49. The van der Waals surface area contributed by atoms with Gasteiger partial charge in [-0.3, -0.25) is 4.79 Å². The third-order valence-electron chi connectivity index (χ3n) is 5.98. The molecule has 0 bridgehead atoms. The first-order valence-electron chi connectivity index (χ1n) is 11.9. The standard InChI is InChI=1S/C27H32N4O2/c1-2-3-4-8-21-33-24-13-11-23(12-14-24)27(32)31-19-17-30(18-20-31)26-16-15-25(28-29-26)22-9-6-5-7-10-22/h5-7,9-16H,2-4,8,17-21H2,1H3. The van der Waals surface area contributed by atoms with E-state index < -0.39 is 0 Å². The number of carbonyl (C=O) groups is 1. The highest BCUT2D eigenvalue weighted by atomic mass is 16.5. The number of nitrogens with zero attached hydrogens (tertiary/aromatic N) is 4. The van der Waals surface area contributed by atoms with Crippen molar-refractivity contribution in [2.24, 2.45) is 0 Å². The molecule has 0 radical (unpaired) electrons. The molecule has 1 saturated heterocycles. The molecule has 4 rings (SSSR count). The van der Waals surface area contributed by atoms with Crippen LogP contribution in [0.5, 0.6) is 5.75 Å². The third-order valence-corrected chi connectivity index (χ3v) is 5.98. The van der Waals surface area contributed by atoms with E-state index in [1.165, 1.54) is 19.3 Å². The predicted octanol–water partition coefficient (Wildman–Crippen LogP) is 5.07. The molecule has 3 aromatic rings. The molecular weight excluding hydrogens is 412 g/mol. The van der Waals surface area contributed by atoms with Crippen LogP contribution in [0.15, 0.2) is 66.7 Å². The van der Waals surface area contributed by atoms with Gasteiger partial charge in [-0.15, -0.1) is 10.2 Å². The number of unbranched alkanes of at least 4 members (excludes halogenated alkanes) is 3. The highest BCUT2D eigenvalue weighted by Crippen LogP contribution is 2.20. The van der Waals surface area contributed by atoms with Gasteiger partial charge in [0.1, 0.15) is 5.75 Å². The van der Waals surface area contributed by atoms with Crippen LogP contribution in [0.25, 0.3) is 11.3 Å². The van der Waals surface area contributed by atoms with E-state index in [1.54, 1.807) is 0 Å². The van der Waals surface area contributed by atoms with Crippen LogP contribution in [-0.2, 0) is 0 Å². The lowest BCUT2D eigenvalue weighted by Gasteiger charge is -2.35. The normalized spacial score (nSPS) is 13.7. The second kappa shape index (κ2) is 11.5. The molecule has 1 fully saturated rings. The molecule has 1 aliphatic heterocycles. The number of hydrogen-bond acceptors (Lipinski definition) is 5. The Morgan fingerprint density at radius 1 is 0.848 bits per heavy atom. The molecule has 6 heteroatoms. The summed E-state index contributed by atoms with van der Waals surface area (Å²) in [5.74, 6) is 1.74. The van der Waals surface area contributed by atoms with Gasteiger partial charge in [0.25, 0.3) is 5.91 Å². The molecule has 2 aromatic carbocycles. The molecule has 0 saturated carbocycles. The lowest BCUT2D eigenvalue weighted by molar-refractivity contribution is 0.0746. The summed E-state index contributed by atoms with van der Waals surface area (Å²) in [6.07, 6.45) is 4.73. The summed E-state index contributed by atoms with van der Waals surface area (Å²) >= 11 is 0. The summed E-state index contributed by atoms with van der Waals surface area (Å²) in [5, 5.41) is 8.80. The summed E-state index contributed by atoms with van der Waals surface area (Å²) < 4.78 is 5.79. The van der Waals surface area contributed by atoms with E-state index in [2.05, 4.69) is 22.0 Å². The minimum absolute atomic E-state index is 0.0645. The number of piperazine rings is 1. The van der Waals surface area contributed by atoms with Gasteiger partial charge in [-0.05, 0) is 42.8 Å². The van der Waals surface area contributed by atoms with Crippen LogP contribution >= 0.6 is 0 Å². The van der Waals surface area contributed by atoms with Gasteiger partial charge >= 0.3 is 0 Å². The summed E-state index contributed by atoms with van der Waals surface area (Å²) in [5.41, 5.74) is 2.62. The zero-order chi connectivity index (χ0) is 22.9. The summed E-state index contributed by atoms with van der Waals surface area (Å²) in [6.45, 7) is 5.74. The first kappa shape index (κ1) is 22.8. The molecule has 172 valence electrons. The maximum absolute atomic E-state index is 12.9. The van der Waals surface area contributed by atoms with Crippen LogP contribution in [0, 0.1) is 0 Å². The van der Waals surface area contributed by atoms with Crippen LogP contribution in [0.1, 0.15) is 43.0 Å². The molecule has 2 heterocycles. The van der Waals surface area contributed by atoms with E-state index in [0.29, 0.717) is 18.7 Å². The van der Waals surface area contributed by atoms with Gasteiger partial charge in [0.2, 0.25) is 0 Å². The van der Waals surface area contributed by atoms with Gasteiger partial charge in [0.05, 0.1) is 12.3 Å². The molecular formula is C27H32N4O2. The van der Waals surface area contributed by atoms with E-state index in [0.717, 1.165) is 48.9 Å². The average Bonchev–Trinajstić information content (AvgIpc) is 2.89. The molecule has 6 nitrogen and oxygen atoms in total. The SMILES string of the molecule is CCCCCCOc1ccc(C(=O)N2CCN(c3ccc(-c4ccccc4)nn3)CC2)cc1. The van der Waals surface area contributed by atoms with Crippen LogP contribution in [0.2, 0.25) is 0 Å². The summed E-state index contributed by atoms with van der Waals surface area (Å²) in [4.78, 5) is 17.0. The van der Waals surface area contributed by atoms with Crippen molar-refractivity contribution in [3.8, 4) is 17.0 Å². The highest BCUT2D eigenvalue weighted by molar-refractivity contribution is 5.94.